The number of nitrogens with one attached hydrogen (secondary N) is 2. The number of nitro groups is 1. The average molecular weight is 410 g/mol. The van der Waals surface area contributed by atoms with Crippen LogP contribution in [0, 0.1) is 10.1 Å². The maximum atomic E-state index is 11.9. The van der Waals surface area contributed by atoms with E-state index in [1.807, 2.05) is 18.2 Å². The van der Waals surface area contributed by atoms with Crippen LogP contribution in [0.25, 0.3) is 0 Å². The van der Waals surface area contributed by atoms with Gasteiger partial charge < -0.3 is 15.4 Å². The highest BCUT2D eigenvalue weighted by Crippen LogP contribution is 2.43. The Bertz CT molecular complexity index is 960. The Morgan fingerprint density at radius 1 is 1.20 bits per heavy atom. The van der Waals surface area contributed by atoms with Gasteiger partial charge in [0, 0.05) is 37.3 Å². The van der Waals surface area contributed by atoms with Crippen LogP contribution in [0.15, 0.2) is 42.5 Å². The fourth-order valence-electron chi connectivity index (χ4n) is 4.32. The molecule has 2 fully saturated rings. The van der Waals surface area contributed by atoms with Crippen molar-refractivity contribution in [2.75, 3.05) is 26.0 Å². The van der Waals surface area contributed by atoms with Gasteiger partial charge in [0.25, 0.3) is 11.6 Å². The predicted octanol–water partition coefficient (Wildman–Crippen LogP) is 3.35. The molecule has 2 aromatic rings. The van der Waals surface area contributed by atoms with E-state index in [0.717, 1.165) is 24.3 Å². The number of ether oxygens (including phenoxy) is 1. The number of methoxy groups -OCH3 is 1. The number of nitro benzene ring substituents is 1. The topological polar surface area (TPSA) is 96.7 Å². The Balaban J connectivity index is 1.65. The standard InChI is InChI=1S/C22H26N4O4/c1-23-22(27)15-6-9-18(20(13-15)26(28)29)24-19-10-11-25(16-7-8-16)21(19)14-4-3-5-17(12-14)30-2/h3-6,9,12-13,16,19,21,24H,7-8,10-11H2,1-2H3,(H,23,27). The molecule has 158 valence electrons. The molecule has 1 saturated heterocycles. The zero-order valence-electron chi connectivity index (χ0n) is 17.1. The SMILES string of the molecule is CNC(=O)c1ccc(NC2CCN(C3CC3)C2c2cccc(OC)c2)c([N+](=O)[O-])c1. The van der Waals surface area contributed by atoms with Gasteiger partial charge in [0.15, 0.2) is 0 Å². The zero-order valence-corrected chi connectivity index (χ0v) is 17.1. The number of rotatable bonds is 7. The van der Waals surface area contributed by atoms with Crippen molar-refractivity contribution < 1.29 is 14.5 Å². The van der Waals surface area contributed by atoms with Crippen molar-refractivity contribution in [2.24, 2.45) is 0 Å². The summed E-state index contributed by atoms with van der Waals surface area (Å²) in [5.41, 5.74) is 1.75. The first-order chi connectivity index (χ1) is 14.5. The first kappa shape index (κ1) is 20.2. The van der Waals surface area contributed by atoms with Crippen molar-refractivity contribution in [2.45, 2.75) is 37.4 Å². The van der Waals surface area contributed by atoms with Gasteiger partial charge in [-0.15, -0.1) is 0 Å². The number of carbonyl (C=O) groups excluding carboxylic acids is 1. The molecule has 1 saturated carbocycles. The van der Waals surface area contributed by atoms with Crippen LogP contribution >= 0.6 is 0 Å². The Morgan fingerprint density at radius 3 is 2.67 bits per heavy atom. The summed E-state index contributed by atoms with van der Waals surface area (Å²) in [4.78, 5) is 25.6. The molecule has 0 aromatic heterocycles. The summed E-state index contributed by atoms with van der Waals surface area (Å²) in [6, 6.07) is 13.3. The fourth-order valence-corrected chi connectivity index (χ4v) is 4.32. The van der Waals surface area contributed by atoms with Gasteiger partial charge in [-0.2, -0.15) is 0 Å². The van der Waals surface area contributed by atoms with Gasteiger partial charge >= 0.3 is 0 Å². The van der Waals surface area contributed by atoms with E-state index in [1.54, 1.807) is 19.2 Å². The molecule has 1 heterocycles. The van der Waals surface area contributed by atoms with E-state index >= 15 is 0 Å². The number of amides is 1. The normalized spacial score (nSPS) is 21.3. The molecule has 0 bridgehead atoms. The highest BCUT2D eigenvalue weighted by Gasteiger charge is 2.43. The van der Waals surface area contributed by atoms with Gasteiger partial charge in [-0.05, 0) is 49.1 Å². The van der Waals surface area contributed by atoms with E-state index in [4.69, 9.17) is 4.74 Å². The molecule has 0 spiro atoms. The average Bonchev–Trinajstić information content (AvgIpc) is 3.53. The molecule has 1 aliphatic heterocycles. The second-order valence-electron chi connectivity index (χ2n) is 7.80. The van der Waals surface area contributed by atoms with E-state index in [2.05, 4.69) is 21.6 Å². The fraction of sp³-hybridized carbons (Fsp3) is 0.409. The summed E-state index contributed by atoms with van der Waals surface area (Å²) < 4.78 is 5.41. The molecular weight excluding hydrogens is 384 g/mol. The third-order valence-corrected chi connectivity index (χ3v) is 5.91. The van der Waals surface area contributed by atoms with E-state index in [9.17, 15) is 14.9 Å². The van der Waals surface area contributed by atoms with Gasteiger partial charge in [-0.3, -0.25) is 19.8 Å². The number of carbonyl (C=O) groups is 1. The van der Waals surface area contributed by atoms with Crippen molar-refractivity contribution in [3.63, 3.8) is 0 Å². The molecule has 30 heavy (non-hydrogen) atoms. The molecule has 2 unspecified atom stereocenters. The molecular formula is C22H26N4O4. The molecule has 8 nitrogen and oxygen atoms in total. The van der Waals surface area contributed by atoms with Gasteiger partial charge in [-0.1, -0.05) is 12.1 Å². The van der Waals surface area contributed by atoms with Gasteiger partial charge in [-0.25, -0.2) is 0 Å². The summed E-state index contributed by atoms with van der Waals surface area (Å²) >= 11 is 0. The number of benzene rings is 2. The van der Waals surface area contributed by atoms with Crippen LogP contribution in [0.4, 0.5) is 11.4 Å². The third-order valence-electron chi connectivity index (χ3n) is 5.91. The maximum absolute atomic E-state index is 11.9. The smallest absolute Gasteiger partial charge is 0.293 e. The maximum Gasteiger partial charge on any atom is 0.293 e. The van der Waals surface area contributed by atoms with E-state index in [-0.39, 0.29) is 29.2 Å². The lowest BCUT2D eigenvalue weighted by Gasteiger charge is -2.30. The van der Waals surface area contributed by atoms with Gasteiger partial charge in [0.05, 0.1) is 18.1 Å². The molecule has 2 aromatic carbocycles. The van der Waals surface area contributed by atoms with Crippen LogP contribution < -0.4 is 15.4 Å². The molecule has 2 aliphatic rings. The van der Waals surface area contributed by atoms with Gasteiger partial charge in [0.2, 0.25) is 0 Å². The first-order valence-electron chi connectivity index (χ1n) is 10.2. The van der Waals surface area contributed by atoms with Crippen LogP contribution in [0.5, 0.6) is 5.75 Å². The lowest BCUT2D eigenvalue weighted by Crippen LogP contribution is -2.32. The number of hydrogen-bond donors (Lipinski definition) is 2. The lowest BCUT2D eigenvalue weighted by atomic mass is 9.99. The van der Waals surface area contributed by atoms with Crippen LogP contribution in [-0.4, -0.2) is 48.5 Å². The third kappa shape index (κ3) is 3.95. The van der Waals surface area contributed by atoms with Crippen molar-refractivity contribution >= 4 is 17.3 Å². The molecule has 1 amide bonds. The molecule has 2 atom stereocenters. The van der Waals surface area contributed by atoms with Crippen molar-refractivity contribution in [1.82, 2.24) is 10.2 Å². The van der Waals surface area contributed by atoms with Crippen molar-refractivity contribution in [3.8, 4) is 5.75 Å². The van der Waals surface area contributed by atoms with E-state index < -0.39 is 4.92 Å². The highest BCUT2D eigenvalue weighted by atomic mass is 16.6. The summed E-state index contributed by atoms with van der Waals surface area (Å²) in [6.07, 6.45) is 3.26. The number of likely N-dealkylation sites (tertiary alicyclic amines) is 1. The Morgan fingerprint density at radius 2 is 2.00 bits per heavy atom. The molecule has 1 aliphatic carbocycles. The summed E-state index contributed by atoms with van der Waals surface area (Å²) in [5, 5.41) is 17.6. The minimum atomic E-state index is -0.442. The minimum absolute atomic E-state index is 0.0160. The van der Waals surface area contributed by atoms with Crippen LogP contribution in [0.3, 0.4) is 0 Å². The van der Waals surface area contributed by atoms with E-state index in [1.165, 1.54) is 26.0 Å². The quantitative estimate of drug-likeness (QED) is 0.537. The van der Waals surface area contributed by atoms with Crippen molar-refractivity contribution in [1.29, 1.82) is 0 Å². The zero-order chi connectivity index (χ0) is 21.3. The molecule has 4 rings (SSSR count). The predicted molar refractivity (Wildman–Crippen MR) is 114 cm³/mol. The molecule has 8 heteroatoms. The van der Waals surface area contributed by atoms with Crippen molar-refractivity contribution in [3.05, 3.63) is 63.7 Å². The summed E-state index contributed by atoms with van der Waals surface area (Å²) in [5.74, 6) is 0.453. The second-order valence-corrected chi connectivity index (χ2v) is 7.80. The Hall–Kier alpha value is -3.13. The number of hydrogen-bond acceptors (Lipinski definition) is 6. The lowest BCUT2D eigenvalue weighted by molar-refractivity contribution is -0.384. The van der Waals surface area contributed by atoms with Gasteiger partial charge in [0.1, 0.15) is 11.4 Å². The van der Waals surface area contributed by atoms with Crippen LogP contribution in [-0.2, 0) is 0 Å². The highest BCUT2D eigenvalue weighted by molar-refractivity contribution is 5.95. The Kier molecular flexibility index (Phi) is 5.59. The molecule has 2 N–H and O–H groups in total. The number of anilines is 1. The number of nitrogens with zero attached hydrogens (tertiary/aromatic N) is 2. The largest absolute Gasteiger partial charge is 0.497 e. The van der Waals surface area contributed by atoms with Crippen LogP contribution in [0.1, 0.15) is 41.2 Å². The summed E-state index contributed by atoms with van der Waals surface area (Å²) in [6.45, 7) is 0.939. The van der Waals surface area contributed by atoms with Crippen LogP contribution in [0.2, 0.25) is 0 Å². The van der Waals surface area contributed by atoms with E-state index in [0.29, 0.717) is 11.7 Å². The summed E-state index contributed by atoms with van der Waals surface area (Å²) in [7, 11) is 3.16. The first-order valence-corrected chi connectivity index (χ1v) is 10.2. The monoisotopic (exact) mass is 410 g/mol. The second kappa shape index (κ2) is 8.31. The minimum Gasteiger partial charge on any atom is -0.497 e. The molecule has 0 radical (unpaired) electrons. The Labute approximate surface area is 175 Å².